The minimum Gasteiger partial charge on any atom is -0.288 e. The first-order valence-electron chi connectivity index (χ1n) is 5.08. The normalized spacial score (nSPS) is 11.5. The molecule has 0 saturated carbocycles. The SMILES string of the molecule is CS(=O)(=O)c1cccc(C(=O)c2scc(Br)c2Br)c1. The van der Waals surface area contributed by atoms with Crippen molar-refractivity contribution in [1.82, 2.24) is 0 Å². The van der Waals surface area contributed by atoms with Crippen LogP contribution >= 0.6 is 43.2 Å². The van der Waals surface area contributed by atoms with Crippen molar-refractivity contribution < 1.29 is 13.2 Å². The van der Waals surface area contributed by atoms with Gasteiger partial charge in [-0.3, -0.25) is 4.79 Å². The van der Waals surface area contributed by atoms with Gasteiger partial charge in [-0.2, -0.15) is 0 Å². The zero-order chi connectivity index (χ0) is 14.2. The number of hydrogen-bond acceptors (Lipinski definition) is 4. The summed E-state index contributed by atoms with van der Waals surface area (Å²) in [6.07, 6.45) is 1.12. The Kier molecular flexibility index (Phi) is 4.29. The number of benzene rings is 1. The molecule has 3 nitrogen and oxygen atoms in total. The quantitative estimate of drug-likeness (QED) is 0.703. The molecule has 0 saturated heterocycles. The number of thiophene rings is 1. The van der Waals surface area contributed by atoms with Gasteiger partial charge in [-0.25, -0.2) is 8.42 Å². The van der Waals surface area contributed by atoms with Crippen LogP contribution in [-0.2, 0) is 9.84 Å². The molecule has 0 bridgehead atoms. The summed E-state index contributed by atoms with van der Waals surface area (Å²) in [4.78, 5) is 13.0. The maximum absolute atomic E-state index is 12.3. The summed E-state index contributed by atoms with van der Waals surface area (Å²) in [7, 11) is -3.32. The molecule has 1 aromatic carbocycles. The first-order chi connectivity index (χ1) is 8.80. The van der Waals surface area contributed by atoms with Crippen LogP contribution in [0.2, 0.25) is 0 Å². The Bertz CT molecular complexity index is 748. The minimum absolute atomic E-state index is 0.144. The lowest BCUT2D eigenvalue weighted by atomic mass is 10.1. The highest BCUT2D eigenvalue weighted by Crippen LogP contribution is 2.34. The van der Waals surface area contributed by atoms with Crippen molar-refractivity contribution in [3.8, 4) is 0 Å². The van der Waals surface area contributed by atoms with E-state index in [1.54, 1.807) is 17.5 Å². The molecule has 0 unspecified atom stereocenters. The molecule has 1 heterocycles. The second kappa shape index (κ2) is 5.47. The Labute approximate surface area is 131 Å². The van der Waals surface area contributed by atoms with E-state index in [0.717, 1.165) is 10.7 Å². The predicted octanol–water partition coefficient (Wildman–Crippen LogP) is 3.91. The van der Waals surface area contributed by atoms with E-state index in [9.17, 15) is 13.2 Å². The van der Waals surface area contributed by atoms with Crippen LogP contribution in [0, 0.1) is 0 Å². The van der Waals surface area contributed by atoms with Crippen molar-refractivity contribution in [1.29, 1.82) is 0 Å². The van der Waals surface area contributed by atoms with Gasteiger partial charge in [0.1, 0.15) is 0 Å². The molecular weight excluding hydrogens is 416 g/mol. The summed E-state index contributed by atoms with van der Waals surface area (Å²) in [5.74, 6) is -0.201. The van der Waals surface area contributed by atoms with E-state index in [1.807, 2.05) is 0 Å². The summed E-state index contributed by atoms with van der Waals surface area (Å²) in [6.45, 7) is 0. The van der Waals surface area contributed by atoms with E-state index < -0.39 is 9.84 Å². The average molecular weight is 424 g/mol. The maximum atomic E-state index is 12.3. The summed E-state index contributed by atoms with van der Waals surface area (Å²) < 4.78 is 24.5. The molecule has 0 radical (unpaired) electrons. The van der Waals surface area contributed by atoms with Gasteiger partial charge in [-0.05, 0) is 44.0 Å². The van der Waals surface area contributed by atoms with Gasteiger partial charge in [0.25, 0.3) is 0 Å². The number of halogens is 2. The summed E-state index contributed by atoms with van der Waals surface area (Å²) in [5, 5.41) is 1.80. The fourth-order valence-corrected chi connectivity index (χ4v) is 4.26. The van der Waals surface area contributed by atoms with Crippen LogP contribution in [0.15, 0.2) is 43.5 Å². The molecular formula is C12H8Br2O3S2. The summed E-state index contributed by atoms with van der Waals surface area (Å²) in [5.41, 5.74) is 0.359. The molecule has 0 atom stereocenters. The molecule has 1 aromatic heterocycles. The zero-order valence-electron chi connectivity index (χ0n) is 9.68. The highest BCUT2D eigenvalue weighted by molar-refractivity contribution is 9.13. The van der Waals surface area contributed by atoms with Crippen molar-refractivity contribution in [2.24, 2.45) is 0 Å². The molecule has 100 valence electrons. The van der Waals surface area contributed by atoms with Gasteiger partial charge in [0, 0.05) is 21.7 Å². The molecule has 0 aliphatic carbocycles. The fraction of sp³-hybridized carbons (Fsp3) is 0.0833. The van der Waals surface area contributed by atoms with E-state index in [4.69, 9.17) is 0 Å². The smallest absolute Gasteiger partial charge is 0.204 e. The Balaban J connectivity index is 2.49. The van der Waals surface area contributed by atoms with Crippen molar-refractivity contribution in [3.05, 3.63) is 49.0 Å². The highest BCUT2D eigenvalue weighted by atomic mass is 79.9. The number of ketones is 1. The molecule has 19 heavy (non-hydrogen) atoms. The monoisotopic (exact) mass is 422 g/mol. The first-order valence-corrected chi connectivity index (χ1v) is 9.43. The largest absolute Gasteiger partial charge is 0.288 e. The standard InChI is InChI=1S/C12H8Br2O3S2/c1-19(16,17)8-4-2-3-7(5-8)11(15)12-10(14)9(13)6-18-12/h2-6H,1H3. The third kappa shape index (κ3) is 3.16. The number of sulfone groups is 1. The van der Waals surface area contributed by atoms with Crippen LogP contribution in [0.5, 0.6) is 0 Å². The molecule has 2 rings (SSSR count). The van der Waals surface area contributed by atoms with Crippen molar-refractivity contribution in [3.63, 3.8) is 0 Å². The van der Waals surface area contributed by atoms with E-state index in [2.05, 4.69) is 31.9 Å². The first kappa shape index (κ1) is 14.9. The fourth-order valence-electron chi connectivity index (χ4n) is 1.47. The number of rotatable bonds is 3. The van der Waals surface area contributed by atoms with E-state index in [-0.39, 0.29) is 10.7 Å². The molecule has 0 aliphatic heterocycles. The van der Waals surface area contributed by atoms with Crippen LogP contribution in [0.4, 0.5) is 0 Å². The van der Waals surface area contributed by atoms with Gasteiger partial charge in [0.05, 0.1) is 14.2 Å². The minimum atomic E-state index is -3.32. The molecule has 2 aromatic rings. The van der Waals surface area contributed by atoms with Crippen molar-refractivity contribution >= 4 is 58.8 Å². The Morgan fingerprint density at radius 3 is 2.47 bits per heavy atom. The molecule has 0 amide bonds. The zero-order valence-corrected chi connectivity index (χ0v) is 14.5. The Morgan fingerprint density at radius 2 is 1.95 bits per heavy atom. The molecule has 0 spiro atoms. The van der Waals surface area contributed by atoms with Crippen LogP contribution < -0.4 is 0 Å². The van der Waals surface area contributed by atoms with Crippen LogP contribution in [0.3, 0.4) is 0 Å². The lowest BCUT2D eigenvalue weighted by Gasteiger charge is -2.02. The third-order valence-corrected chi connectivity index (χ3v) is 7.06. The number of carbonyl (C=O) groups is 1. The van der Waals surface area contributed by atoms with Gasteiger partial charge in [-0.1, -0.05) is 12.1 Å². The molecule has 0 fully saturated rings. The van der Waals surface area contributed by atoms with Crippen molar-refractivity contribution in [2.75, 3.05) is 6.26 Å². The Morgan fingerprint density at radius 1 is 1.26 bits per heavy atom. The highest BCUT2D eigenvalue weighted by Gasteiger charge is 2.18. The van der Waals surface area contributed by atoms with Crippen molar-refractivity contribution in [2.45, 2.75) is 4.90 Å². The predicted molar refractivity (Wildman–Crippen MR) is 82.7 cm³/mol. The number of hydrogen-bond donors (Lipinski definition) is 0. The second-order valence-electron chi connectivity index (χ2n) is 3.86. The van der Waals surface area contributed by atoms with Crippen LogP contribution in [0.1, 0.15) is 15.2 Å². The van der Waals surface area contributed by atoms with Gasteiger partial charge >= 0.3 is 0 Å². The van der Waals surface area contributed by atoms with Gasteiger partial charge < -0.3 is 0 Å². The van der Waals surface area contributed by atoms with Gasteiger partial charge in [0.15, 0.2) is 9.84 Å². The summed E-state index contributed by atoms with van der Waals surface area (Å²) >= 11 is 7.95. The number of carbonyl (C=O) groups excluding carboxylic acids is 1. The topological polar surface area (TPSA) is 51.2 Å². The third-order valence-electron chi connectivity index (χ3n) is 2.42. The van der Waals surface area contributed by atoms with Gasteiger partial charge in [0.2, 0.25) is 5.78 Å². The molecule has 0 aliphatic rings. The second-order valence-corrected chi connectivity index (χ2v) is 8.40. The van der Waals surface area contributed by atoms with E-state index in [1.165, 1.54) is 23.5 Å². The van der Waals surface area contributed by atoms with Crippen LogP contribution in [0.25, 0.3) is 0 Å². The van der Waals surface area contributed by atoms with Crippen LogP contribution in [-0.4, -0.2) is 20.5 Å². The molecule has 0 N–H and O–H groups in total. The van der Waals surface area contributed by atoms with E-state index in [0.29, 0.717) is 14.9 Å². The lowest BCUT2D eigenvalue weighted by molar-refractivity contribution is 0.104. The maximum Gasteiger partial charge on any atom is 0.204 e. The summed E-state index contributed by atoms with van der Waals surface area (Å²) in [6, 6.07) is 6.06. The van der Waals surface area contributed by atoms with Gasteiger partial charge in [-0.15, -0.1) is 11.3 Å². The van der Waals surface area contributed by atoms with E-state index >= 15 is 0 Å². The molecule has 7 heteroatoms. The Hall–Kier alpha value is -0.500. The average Bonchev–Trinajstić information content (AvgIpc) is 2.68. The lowest BCUT2D eigenvalue weighted by Crippen LogP contribution is -2.03.